The number of halogens is 1. The summed E-state index contributed by atoms with van der Waals surface area (Å²) in [6, 6.07) is 8.95. The van der Waals surface area contributed by atoms with Crippen LogP contribution in [0.4, 0.5) is 4.39 Å². The highest BCUT2D eigenvalue weighted by atomic mass is 32.2. The number of carboxylic acids is 1. The van der Waals surface area contributed by atoms with Crippen LogP contribution in [0.5, 0.6) is 17.2 Å². The molecule has 248 valence electrons. The van der Waals surface area contributed by atoms with Crippen LogP contribution in [-0.2, 0) is 30.6 Å². The Morgan fingerprint density at radius 3 is 2.37 bits per heavy atom. The number of pyridine rings is 1. The van der Waals surface area contributed by atoms with Crippen LogP contribution in [0.15, 0.2) is 57.7 Å². The molecule has 0 aliphatic rings. The maximum Gasteiger partial charge on any atom is 0.339 e. The third kappa shape index (κ3) is 10.4. The molecule has 0 spiro atoms. The fourth-order valence-electron chi connectivity index (χ4n) is 4.86. The molecule has 2 aromatic carbocycles. The van der Waals surface area contributed by atoms with E-state index in [1.807, 2.05) is 19.9 Å². The summed E-state index contributed by atoms with van der Waals surface area (Å²) in [5.74, 6) is -1.73. The highest BCUT2D eigenvalue weighted by Gasteiger charge is 2.23. The number of rotatable bonds is 17. The maximum atomic E-state index is 13.3. The minimum Gasteiger partial charge on any atom is -0.507 e. The molecule has 1 heterocycles. The molecule has 1 amide bonds. The van der Waals surface area contributed by atoms with Gasteiger partial charge in [-0.15, -0.1) is 11.8 Å². The van der Waals surface area contributed by atoms with Gasteiger partial charge in [0.05, 0.1) is 18.8 Å². The molecule has 11 heteroatoms. The molecule has 0 radical (unpaired) electrons. The Hall–Kier alpha value is -4.25. The molecular formula is C35H43FN2O7S. The number of phenols is 1. The van der Waals surface area contributed by atoms with Crippen molar-refractivity contribution in [1.29, 1.82) is 0 Å². The smallest absolute Gasteiger partial charge is 0.339 e. The van der Waals surface area contributed by atoms with E-state index in [9.17, 15) is 34.1 Å². The number of carbonyl (C=O) groups is 2. The molecule has 3 aromatic rings. The van der Waals surface area contributed by atoms with Crippen LogP contribution in [0.2, 0.25) is 0 Å². The quantitative estimate of drug-likeness (QED) is 0.0710. The van der Waals surface area contributed by atoms with Crippen molar-refractivity contribution < 1.29 is 34.0 Å². The lowest BCUT2D eigenvalue weighted by Crippen LogP contribution is -2.26. The number of benzene rings is 2. The fraction of sp³-hybridized carbons (Fsp3) is 0.400. The maximum absolute atomic E-state index is 13.3. The number of hydrogen-bond acceptors (Lipinski definition) is 7. The first kappa shape index (κ1) is 36.2. The van der Waals surface area contributed by atoms with E-state index in [2.05, 4.69) is 5.32 Å². The summed E-state index contributed by atoms with van der Waals surface area (Å²) in [5, 5.41) is 33.8. The van der Waals surface area contributed by atoms with Crippen molar-refractivity contribution in [3.05, 3.63) is 92.2 Å². The van der Waals surface area contributed by atoms with Gasteiger partial charge in [-0.2, -0.15) is 0 Å². The van der Waals surface area contributed by atoms with Gasteiger partial charge in [0.2, 0.25) is 11.3 Å². The van der Waals surface area contributed by atoms with Gasteiger partial charge in [-0.05, 0) is 75.9 Å². The Morgan fingerprint density at radius 1 is 1.02 bits per heavy atom. The molecule has 46 heavy (non-hydrogen) atoms. The predicted octanol–water partition coefficient (Wildman–Crippen LogP) is 6.78. The number of nitrogens with zero attached hydrogens (tertiary/aromatic N) is 1. The van der Waals surface area contributed by atoms with Crippen LogP contribution in [-0.4, -0.2) is 38.4 Å². The van der Waals surface area contributed by atoms with Crippen LogP contribution >= 0.6 is 11.8 Å². The van der Waals surface area contributed by atoms with E-state index in [0.717, 1.165) is 36.2 Å². The molecular weight excluding hydrogens is 611 g/mol. The van der Waals surface area contributed by atoms with Gasteiger partial charge >= 0.3 is 5.97 Å². The predicted molar refractivity (Wildman–Crippen MR) is 177 cm³/mol. The Morgan fingerprint density at radius 2 is 1.70 bits per heavy atom. The van der Waals surface area contributed by atoms with Crippen molar-refractivity contribution in [3.8, 4) is 17.2 Å². The number of aryl methyl sites for hydroxylation is 1. The molecule has 0 atom stereocenters. The summed E-state index contributed by atoms with van der Waals surface area (Å²) in [6.07, 6.45) is 6.56. The summed E-state index contributed by atoms with van der Waals surface area (Å²) in [6.45, 7) is 6.04. The first-order chi connectivity index (χ1) is 21.9. The number of amides is 1. The second kappa shape index (κ2) is 17.4. The van der Waals surface area contributed by atoms with E-state index < -0.39 is 11.4 Å². The Labute approximate surface area is 273 Å². The van der Waals surface area contributed by atoms with E-state index in [1.54, 1.807) is 36.7 Å². The van der Waals surface area contributed by atoms with Crippen molar-refractivity contribution in [2.45, 2.75) is 82.9 Å². The number of ether oxygens (including phenoxy) is 1. The van der Waals surface area contributed by atoms with Crippen LogP contribution in [0.1, 0.15) is 85.2 Å². The molecule has 0 saturated heterocycles. The molecule has 0 saturated carbocycles. The number of nitrogens with one attached hydrogen (secondary N) is 1. The highest BCUT2D eigenvalue weighted by Crippen LogP contribution is 2.38. The monoisotopic (exact) mass is 654 g/mol. The van der Waals surface area contributed by atoms with Crippen LogP contribution in [0, 0.1) is 12.7 Å². The van der Waals surface area contributed by atoms with Gasteiger partial charge in [-0.1, -0.05) is 30.9 Å². The minimum absolute atomic E-state index is 0.0701. The molecule has 0 aliphatic heterocycles. The number of aromatic hydroxyl groups is 2. The largest absolute Gasteiger partial charge is 0.507 e. The SMILES string of the molecule is CC(C)=CCc1c(OCCCCCCCC(=O)NCc2c(O)c(=O)cc(C)n2C)cc(CSc2ccc(F)cc2)c(C(=O)O)c1O. The number of unbranched alkanes of at least 4 members (excludes halogenated alkanes) is 4. The molecule has 4 N–H and O–H groups in total. The standard InChI is InChI=1S/C35H43FN2O7S/c1-22(2)11-16-27-30(19-24(32(33(27)41)35(43)44)21-46-26-14-12-25(36)13-15-26)45-17-9-7-5-6-8-10-31(40)37-20-28-34(42)29(39)18-23(3)38(28)4/h11-15,18-19,41-42H,5-10,16-17,20-21H2,1-4H3,(H,37,40)(H,43,44). The third-order valence-electron chi connectivity index (χ3n) is 7.62. The number of aromatic carboxylic acids is 1. The summed E-state index contributed by atoms with van der Waals surface area (Å²) < 4.78 is 21.1. The first-order valence-electron chi connectivity index (χ1n) is 15.3. The van der Waals surface area contributed by atoms with Crippen molar-refractivity contribution in [2.75, 3.05) is 6.61 Å². The van der Waals surface area contributed by atoms with E-state index in [4.69, 9.17) is 4.74 Å². The summed E-state index contributed by atoms with van der Waals surface area (Å²) >= 11 is 1.34. The second-order valence-corrected chi connectivity index (χ2v) is 12.5. The first-order valence-corrected chi connectivity index (χ1v) is 16.3. The lowest BCUT2D eigenvalue weighted by molar-refractivity contribution is -0.121. The summed E-state index contributed by atoms with van der Waals surface area (Å²) in [7, 11) is 1.73. The second-order valence-electron chi connectivity index (χ2n) is 11.4. The fourth-order valence-corrected chi connectivity index (χ4v) is 5.73. The molecule has 9 nitrogen and oxygen atoms in total. The van der Waals surface area contributed by atoms with Crippen molar-refractivity contribution in [3.63, 3.8) is 0 Å². The van der Waals surface area contributed by atoms with Gasteiger partial charge < -0.3 is 29.9 Å². The minimum atomic E-state index is -1.23. The lowest BCUT2D eigenvalue weighted by atomic mass is 9.99. The normalized spacial score (nSPS) is 10.9. The highest BCUT2D eigenvalue weighted by molar-refractivity contribution is 7.98. The third-order valence-corrected chi connectivity index (χ3v) is 8.68. The van der Waals surface area contributed by atoms with Gasteiger partial charge in [0.25, 0.3) is 0 Å². The van der Waals surface area contributed by atoms with E-state index in [0.29, 0.717) is 54.1 Å². The number of carboxylic acid groups (broad SMARTS) is 1. The lowest BCUT2D eigenvalue weighted by Gasteiger charge is -2.17. The zero-order valence-electron chi connectivity index (χ0n) is 26.8. The van der Waals surface area contributed by atoms with E-state index >= 15 is 0 Å². The van der Waals surface area contributed by atoms with Gasteiger partial charge in [-0.25, -0.2) is 9.18 Å². The average Bonchev–Trinajstić information content (AvgIpc) is 3.00. The summed E-state index contributed by atoms with van der Waals surface area (Å²) in [5.41, 5.74) is 2.27. The number of aromatic nitrogens is 1. The van der Waals surface area contributed by atoms with Crippen LogP contribution in [0.25, 0.3) is 0 Å². The Bertz CT molecular complexity index is 1610. The van der Waals surface area contributed by atoms with Gasteiger partial charge in [0.15, 0.2) is 5.75 Å². The number of allylic oxidation sites excluding steroid dienone is 2. The zero-order valence-corrected chi connectivity index (χ0v) is 27.6. The number of hydrogen-bond donors (Lipinski definition) is 4. The topological polar surface area (TPSA) is 138 Å². The average molecular weight is 655 g/mol. The van der Waals surface area contributed by atoms with E-state index in [-0.39, 0.29) is 41.1 Å². The Balaban J connectivity index is 1.52. The van der Waals surface area contributed by atoms with Gasteiger partial charge in [0.1, 0.15) is 22.9 Å². The van der Waals surface area contributed by atoms with Crippen LogP contribution in [0.3, 0.4) is 0 Å². The zero-order chi connectivity index (χ0) is 33.8. The molecule has 1 aromatic heterocycles. The van der Waals surface area contributed by atoms with Crippen molar-refractivity contribution in [1.82, 2.24) is 9.88 Å². The van der Waals surface area contributed by atoms with E-state index in [1.165, 1.54) is 30.0 Å². The van der Waals surface area contributed by atoms with Gasteiger partial charge in [-0.3, -0.25) is 9.59 Å². The Kier molecular flexibility index (Phi) is 13.7. The summed E-state index contributed by atoms with van der Waals surface area (Å²) in [4.78, 5) is 37.1. The van der Waals surface area contributed by atoms with Crippen molar-refractivity contribution >= 4 is 23.6 Å². The van der Waals surface area contributed by atoms with Crippen molar-refractivity contribution in [2.24, 2.45) is 7.05 Å². The van der Waals surface area contributed by atoms with Crippen LogP contribution < -0.4 is 15.5 Å². The van der Waals surface area contributed by atoms with Gasteiger partial charge in [0, 0.05) is 41.4 Å². The molecule has 0 aliphatic carbocycles. The number of thioether (sulfide) groups is 1. The number of carbonyl (C=O) groups excluding carboxylic acids is 1. The molecule has 0 fully saturated rings. The molecule has 3 rings (SSSR count). The molecule has 0 unspecified atom stereocenters. The molecule has 0 bridgehead atoms.